The van der Waals surface area contributed by atoms with Gasteiger partial charge in [0, 0.05) is 26.2 Å². The maximum atomic E-state index is 12.9. The second-order valence-electron chi connectivity index (χ2n) is 6.24. The summed E-state index contributed by atoms with van der Waals surface area (Å²) in [5.41, 5.74) is 0. The molecule has 2 atom stereocenters. The molecular formula is C18H29FN4O2. The van der Waals surface area contributed by atoms with Gasteiger partial charge in [0.15, 0.2) is 5.96 Å². The molecule has 0 amide bonds. The van der Waals surface area contributed by atoms with Gasteiger partial charge in [-0.1, -0.05) is 0 Å². The topological polar surface area (TPSA) is 58.1 Å². The molecule has 2 N–H and O–H groups in total. The predicted octanol–water partition coefficient (Wildman–Crippen LogP) is 1.48. The minimum Gasteiger partial charge on any atom is -0.489 e. The zero-order chi connectivity index (χ0) is 18.1. The lowest BCUT2D eigenvalue weighted by molar-refractivity contribution is -0.0161. The number of likely N-dealkylation sites (N-methyl/N-ethyl adjacent to an activating group) is 1. The van der Waals surface area contributed by atoms with E-state index >= 15 is 0 Å². The zero-order valence-electron chi connectivity index (χ0n) is 15.3. The van der Waals surface area contributed by atoms with Crippen LogP contribution in [0.3, 0.4) is 0 Å². The highest BCUT2D eigenvalue weighted by molar-refractivity contribution is 5.79. The molecule has 0 saturated carbocycles. The SMILES string of the molecule is CCNC(=NCC(C)Oc1ccc(F)cc1)NCC1CN(C)CCO1. The van der Waals surface area contributed by atoms with Crippen molar-refractivity contribution in [3.8, 4) is 5.75 Å². The van der Waals surface area contributed by atoms with Crippen molar-refractivity contribution in [3.63, 3.8) is 0 Å². The minimum absolute atomic E-state index is 0.113. The molecule has 25 heavy (non-hydrogen) atoms. The van der Waals surface area contributed by atoms with Gasteiger partial charge >= 0.3 is 0 Å². The van der Waals surface area contributed by atoms with Gasteiger partial charge < -0.3 is 25.0 Å². The van der Waals surface area contributed by atoms with E-state index < -0.39 is 0 Å². The van der Waals surface area contributed by atoms with Gasteiger partial charge in [0.1, 0.15) is 17.7 Å². The zero-order valence-corrected chi connectivity index (χ0v) is 15.3. The summed E-state index contributed by atoms with van der Waals surface area (Å²) in [6.07, 6.45) is 0.0495. The molecule has 1 aliphatic rings. The van der Waals surface area contributed by atoms with Crippen molar-refractivity contribution < 1.29 is 13.9 Å². The first-order valence-corrected chi connectivity index (χ1v) is 8.81. The monoisotopic (exact) mass is 352 g/mol. The Balaban J connectivity index is 1.80. The lowest BCUT2D eigenvalue weighted by atomic mass is 10.3. The molecule has 0 spiro atoms. The Labute approximate surface area is 149 Å². The van der Waals surface area contributed by atoms with Gasteiger partial charge in [-0.3, -0.25) is 0 Å². The highest BCUT2D eigenvalue weighted by Gasteiger charge is 2.17. The molecule has 0 bridgehead atoms. The summed E-state index contributed by atoms with van der Waals surface area (Å²) in [7, 11) is 2.10. The average molecular weight is 352 g/mol. The Kier molecular flexibility index (Phi) is 7.94. The van der Waals surface area contributed by atoms with Crippen molar-refractivity contribution in [1.82, 2.24) is 15.5 Å². The van der Waals surface area contributed by atoms with E-state index in [1.54, 1.807) is 12.1 Å². The van der Waals surface area contributed by atoms with Crippen LogP contribution in [0.4, 0.5) is 4.39 Å². The maximum Gasteiger partial charge on any atom is 0.191 e. The van der Waals surface area contributed by atoms with Gasteiger partial charge in [-0.2, -0.15) is 0 Å². The molecule has 1 aliphatic heterocycles. The molecule has 1 fully saturated rings. The summed E-state index contributed by atoms with van der Waals surface area (Å²) < 4.78 is 24.4. The van der Waals surface area contributed by atoms with Gasteiger partial charge in [-0.15, -0.1) is 0 Å². The largest absolute Gasteiger partial charge is 0.489 e. The number of benzene rings is 1. The van der Waals surface area contributed by atoms with Crippen molar-refractivity contribution in [2.75, 3.05) is 46.4 Å². The third kappa shape index (κ3) is 7.27. The average Bonchev–Trinajstić information content (AvgIpc) is 2.59. The van der Waals surface area contributed by atoms with E-state index in [1.165, 1.54) is 12.1 Å². The van der Waals surface area contributed by atoms with E-state index in [9.17, 15) is 4.39 Å². The number of nitrogens with zero attached hydrogens (tertiary/aromatic N) is 2. The van der Waals surface area contributed by atoms with Gasteiger partial charge in [0.2, 0.25) is 0 Å². The van der Waals surface area contributed by atoms with E-state index in [0.29, 0.717) is 18.8 Å². The van der Waals surface area contributed by atoms with Crippen molar-refractivity contribution in [2.45, 2.75) is 26.1 Å². The van der Waals surface area contributed by atoms with Crippen molar-refractivity contribution >= 4 is 5.96 Å². The molecule has 1 saturated heterocycles. The molecule has 1 aromatic rings. The van der Waals surface area contributed by atoms with Crippen molar-refractivity contribution in [1.29, 1.82) is 0 Å². The fourth-order valence-electron chi connectivity index (χ4n) is 2.55. The molecule has 1 heterocycles. The molecule has 0 radical (unpaired) electrons. The van der Waals surface area contributed by atoms with E-state index in [-0.39, 0.29) is 18.0 Å². The van der Waals surface area contributed by atoms with Crippen LogP contribution in [0.1, 0.15) is 13.8 Å². The van der Waals surface area contributed by atoms with Gasteiger partial charge in [-0.05, 0) is 45.2 Å². The summed E-state index contributed by atoms with van der Waals surface area (Å²) in [5.74, 6) is 1.11. The van der Waals surface area contributed by atoms with Crippen LogP contribution in [0.25, 0.3) is 0 Å². The number of guanidine groups is 1. The molecule has 7 heteroatoms. The second-order valence-corrected chi connectivity index (χ2v) is 6.24. The normalized spacial score (nSPS) is 20.2. The first-order valence-electron chi connectivity index (χ1n) is 8.81. The Morgan fingerprint density at radius 3 is 2.84 bits per heavy atom. The Hall–Kier alpha value is -1.86. The number of halogens is 1. The van der Waals surface area contributed by atoms with Crippen LogP contribution in [0.15, 0.2) is 29.3 Å². The summed E-state index contributed by atoms with van der Waals surface area (Å²) in [5, 5.41) is 6.54. The third-order valence-corrected chi connectivity index (χ3v) is 3.84. The van der Waals surface area contributed by atoms with Gasteiger partial charge in [0.05, 0.1) is 19.3 Å². The van der Waals surface area contributed by atoms with E-state index in [0.717, 1.165) is 32.2 Å². The Bertz CT molecular complexity index is 538. The number of hydrogen-bond donors (Lipinski definition) is 2. The smallest absolute Gasteiger partial charge is 0.191 e. The van der Waals surface area contributed by atoms with Crippen LogP contribution >= 0.6 is 0 Å². The molecular weight excluding hydrogens is 323 g/mol. The number of ether oxygens (including phenoxy) is 2. The standard InChI is InChI=1S/C18H29FN4O2/c1-4-20-18(22-12-17-13-23(3)9-10-24-17)21-11-14(2)25-16-7-5-15(19)6-8-16/h5-8,14,17H,4,9-13H2,1-3H3,(H2,20,21,22). The quantitative estimate of drug-likeness (QED) is 0.575. The van der Waals surface area contributed by atoms with Gasteiger partial charge in [-0.25, -0.2) is 9.38 Å². The van der Waals surface area contributed by atoms with Gasteiger partial charge in [0.25, 0.3) is 0 Å². The summed E-state index contributed by atoms with van der Waals surface area (Å²) >= 11 is 0. The maximum absolute atomic E-state index is 12.9. The van der Waals surface area contributed by atoms with Crippen LogP contribution in [-0.2, 0) is 4.74 Å². The lowest BCUT2D eigenvalue weighted by Gasteiger charge is -2.30. The van der Waals surface area contributed by atoms with Crippen LogP contribution in [0, 0.1) is 5.82 Å². The van der Waals surface area contributed by atoms with Crippen LogP contribution in [-0.4, -0.2) is 69.4 Å². The molecule has 1 aromatic carbocycles. The molecule has 2 rings (SSSR count). The van der Waals surface area contributed by atoms with Crippen LogP contribution < -0.4 is 15.4 Å². The fraction of sp³-hybridized carbons (Fsp3) is 0.611. The highest BCUT2D eigenvalue weighted by Crippen LogP contribution is 2.13. The van der Waals surface area contributed by atoms with Crippen molar-refractivity contribution in [2.24, 2.45) is 4.99 Å². The minimum atomic E-state index is -0.271. The first kappa shape index (κ1) is 19.5. The number of nitrogens with one attached hydrogen (secondary N) is 2. The van der Waals surface area contributed by atoms with E-state index in [4.69, 9.17) is 9.47 Å². The molecule has 6 nitrogen and oxygen atoms in total. The number of aliphatic imine (C=N–C) groups is 1. The number of morpholine rings is 1. The summed E-state index contributed by atoms with van der Waals surface area (Å²) in [4.78, 5) is 6.82. The van der Waals surface area contributed by atoms with E-state index in [2.05, 4.69) is 27.6 Å². The predicted molar refractivity (Wildman–Crippen MR) is 97.7 cm³/mol. The Morgan fingerprint density at radius 1 is 1.40 bits per heavy atom. The third-order valence-electron chi connectivity index (χ3n) is 3.84. The van der Waals surface area contributed by atoms with Crippen LogP contribution in [0.5, 0.6) is 5.75 Å². The number of rotatable bonds is 7. The molecule has 140 valence electrons. The summed E-state index contributed by atoms with van der Waals surface area (Å²) in [6.45, 7) is 8.61. The first-order chi connectivity index (χ1) is 12.1. The second kappa shape index (κ2) is 10.2. The molecule has 0 aromatic heterocycles. The molecule has 0 aliphatic carbocycles. The van der Waals surface area contributed by atoms with Crippen molar-refractivity contribution in [3.05, 3.63) is 30.1 Å². The fourth-order valence-corrected chi connectivity index (χ4v) is 2.55. The number of hydrogen-bond acceptors (Lipinski definition) is 4. The Morgan fingerprint density at radius 2 is 2.16 bits per heavy atom. The van der Waals surface area contributed by atoms with E-state index in [1.807, 2.05) is 13.8 Å². The summed E-state index contributed by atoms with van der Waals surface area (Å²) in [6, 6.07) is 6.02. The highest BCUT2D eigenvalue weighted by atomic mass is 19.1. The van der Waals surface area contributed by atoms with Crippen LogP contribution in [0.2, 0.25) is 0 Å². The lowest BCUT2D eigenvalue weighted by Crippen LogP contribution is -2.48. The molecule has 2 unspecified atom stereocenters.